The summed E-state index contributed by atoms with van der Waals surface area (Å²) in [5.41, 5.74) is 6.31. The Hall–Kier alpha value is -1.00. The van der Waals surface area contributed by atoms with Gasteiger partial charge < -0.3 is 10.6 Å². The van der Waals surface area contributed by atoms with Crippen LogP contribution in [0.3, 0.4) is 0 Å². The summed E-state index contributed by atoms with van der Waals surface area (Å²) >= 11 is 0. The monoisotopic (exact) mass is 282 g/mol. The highest BCUT2D eigenvalue weighted by molar-refractivity contribution is 5.22. The number of benzene rings is 1. The van der Waals surface area contributed by atoms with Gasteiger partial charge in [-0.15, -0.1) is 0 Å². The Kier molecular flexibility index (Phi) is 5.11. The van der Waals surface area contributed by atoms with E-state index in [0.29, 0.717) is 18.4 Å². The zero-order valence-electron chi connectivity index (χ0n) is 12.3. The zero-order chi connectivity index (χ0) is 14.7. The van der Waals surface area contributed by atoms with Crippen LogP contribution >= 0.6 is 0 Å². The number of halogens is 2. The van der Waals surface area contributed by atoms with Crippen LogP contribution in [0.2, 0.25) is 0 Å². The van der Waals surface area contributed by atoms with Crippen molar-refractivity contribution in [2.45, 2.75) is 45.2 Å². The van der Waals surface area contributed by atoms with Crippen LogP contribution in [0.4, 0.5) is 8.78 Å². The SMILES string of the molecule is CC1CCC(C)N(CCC(N)c2cccc(F)c2F)C1. The van der Waals surface area contributed by atoms with Crippen molar-refractivity contribution in [3.63, 3.8) is 0 Å². The molecule has 0 bridgehead atoms. The third kappa shape index (κ3) is 3.55. The van der Waals surface area contributed by atoms with Crippen molar-refractivity contribution < 1.29 is 8.78 Å². The van der Waals surface area contributed by atoms with Crippen LogP contribution in [0.25, 0.3) is 0 Å². The minimum atomic E-state index is -0.821. The lowest BCUT2D eigenvalue weighted by Crippen LogP contribution is -2.42. The molecule has 0 saturated carbocycles. The van der Waals surface area contributed by atoms with Crippen molar-refractivity contribution in [3.8, 4) is 0 Å². The molecule has 0 amide bonds. The maximum absolute atomic E-state index is 13.7. The molecule has 1 heterocycles. The first-order valence-corrected chi connectivity index (χ1v) is 7.42. The first-order valence-electron chi connectivity index (χ1n) is 7.42. The lowest BCUT2D eigenvalue weighted by Gasteiger charge is -2.37. The summed E-state index contributed by atoms with van der Waals surface area (Å²) in [7, 11) is 0. The first kappa shape index (κ1) is 15.4. The number of rotatable bonds is 4. The molecular weight excluding hydrogens is 258 g/mol. The van der Waals surface area contributed by atoms with Crippen molar-refractivity contribution in [2.75, 3.05) is 13.1 Å². The second-order valence-corrected chi connectivity index (χ2v) is 6.06. The van der Waals surface area contributed by atoms with Gasteiger partial charge in [0, 0.05) is 30.7 Å². The van der Waals surface area contributed by atoms with Crippen molar-refractivity contribution in [1.82, 2.24) is 4.90 Å². The normalized spacial score (nSPS) is 25.6. The molecule has 0 radical (unpaired) electrons. The van der Waals surface area contributed by atoms with Gasteiger partial charge in [0.05, 0.1) is 0 Å². The quantitative estimate of drug-likeness (QED) is 0.916. The Morgan fingerprint density at radius 2 is 2.05 bits per heavy atom. The van der Waals surface area contributed by atoms with Crippen LogP contribution in [0.1, 0.15) is 44.7 Å². The Morgan fingerprint density at radius 3 is 2.80 bits per heavy atom. The Balaban J connectivity index is 1.94. The van der Waals surface area contributed by atoms with Gasteiger partial charge in [0.2, 0.25) is 0 Å². The Morgan fingerprint density at radius 1 is 1.30 bits per heavy atom. The Labute approximate surface area is 120 Å². The molecule has 1 aliphatic heterocycles. The summed E-state index contributed by atoms with van der Waals surface area (Å²) in [6.45, 7) is 6.38. The van der Waals surface area contributed by atoms with Gasteiger partial charge in [0.15, 0.2) is 11.6 Å². The van der Waals surface area contributed by atoms with E-state index in [2.05, 4.69) is 18.7 Å². The topological polar surface area (TPSA) is 29.3 Å². The zero-order valence-corrected chi connectivity index (χ0v) is 12.3. The molecule has 3 atom stereocenters. The van der Waals surface area contributed by atoms with E-state index < -0.39 is 17.7 Å². The summed E-state index contributed by atoms with van der Waals surface area (Å²) in [6.07, 6.45) is 3.12. The standard InChI is InChI=1S/C16H24F2N2/c1-11-6-7-12(2)20(10-11)9-8-15(19)13-4-3-5-14(17)16(13)18/h3-5,11-12,15H,6-10,19H2,1-2H3. The third-order valence-corrected chi connectivity index (χ3v) is 4.36. The molecule has 2 nitrogen and oxygen atoms in total. The van der Waals surface area contributed by atoms with Crippen LogP contribution in [0.5, 0.6) is 0 Å². The first-order chi connectivity index (χ1) is 9.49. The van der Waals surface area contributed by atoms with Gasteiger partial charge in [-0.2, -0.15) is 0 Å². The van der Waals surface area contributed by atoms with Crippen LogP contribution in [0.15, 0.2) is 18.2 Å². The van der Waals surface area contributed by atoms with Gasteiger partial charge in [-0.25, -0.2) is 8.78 Å². The highest BCUT2D eigenvalue weighted by Gasteiger charge is 2.23. The Bertz CT molecular complexity index is 450. The number of hydrogen-bond acceptors (Lipinski definition) is 2. The molecular formula is C16H24F2N2. The summed E-state index contributed by atoms with van der Waals surface area (Å²) in [5.74, 6) is -0.925. The molecule has 0 aromatic heterocycles. The van der Waals surface area contributed by atoms with E-state index in [1.54, 1.807) is 6.07 Å². The molecule has 0 spiro atoms. The van der Waals surface area contributed by atoms with Crippen LogP contribution in [-0.2, 0) is 0 Å². The molecule has 1 aromatic carbocycles. The number of likely N-dealkylation sites (tertiary alicyclic amines) is 1. The molecule has 2 N–H and O–H groups in total. The molecule has 0 aliphatic carbocycles. The molecule has 4 heteroatoms. The van der Waals surface area contributed by atoms with Gasteiger partial charge in [-0.1, -0.05) is 19.1 Å². The van der Waals surface area contributed by atoms with Gasteiger partial charge in [0.1, 0.15) is 0 Å². The average Bonchev–Trinajstić information content (AvgIpc) is 2.42. The molecule has 3 unspecified atom stereocenters. The minimum absolute atomic E-state index is 0.280. The number of piperidine rings is 1. The van der Waals surface area contributed by atoms with Gasteiger partial charge in [-0.3, -0.25) is 0 Å². The fourth-order valence-electron chi connectivity index (χ4n) is 2.96. The number of hydrogen-bond donors (Lipinski definition) is 1. The molecule has 112 valence electrons. The highest BCUT2D eigenvalue weighted by atomic mass is 19.2. The van der Waals surface area contributed by atoms with Crippen molar-refractivity contribution in [3.05, 3.63) is 35.4 Å². The second-order valence-electron chi connectivity index (χ2n) is 6.06. The largest absolute Gasteiger partial charge is 0.324 e. The van der Waals surface area contributed by atoms with E-state index in [-0.39, 0.29) is 5.56 Å². The molecule has 1 aliphatic rings. The minimum Gasteiger partial charge on any atom is -0.324 e. The van der Waals surface area contributed by atoms with E-state index in [9.17, 15) is 8.78 Å². The second kappa shape index (κ2) is 6.64. The molecule has 1 aromatic rings. The van der Waals surface area contributed by atoms with Crippen LogP contribution in [-0.4, -0.2) is 24.0 Å². The smallest absolute Gasteiger partial charge is 0.163 e. The number of nitrogens with zero attached hydrogens (tertiary/aromatic N) is 1. The summed E-state index contributed by atoms with van der Waals surface area (Å²) in [4.78, 5) is 2.41. The molecule has 2 rings (SSSR count). The van der Waals surface area contributed by atoms with Crippen molar-refractivity contribution >= 4 is 0 Å². The third-order valence-electron chi connectivity index (χ3n) is 4.36. The lowest BCUT2D eigenvalue weighted by atomic mass is 9.94. The number of nitrogens with two attached hydrogens (primary N) is 1. The summed E-state index contributed by atoms with van der Waals surface area (Å²) < 4.78 is 26.9. The molecule has 1 fully saturated rings. The van der Waals surface area contributed by atoms with Crippen molar-refractivity contribution in [1.29, 1.82) is 0 Å². The van der Waals surface area contributed by atoms with E-state index in [1.165, 1.54) is 18.9 Å². The van der Waals surface area contributed by atoms with E-state index in [4.69, 9.17) is 5.73 Å². The van der Waals surface area contributed by atoms with Crippen molar-refractivity contribution in [2.24, 2.45) is 11.7 Å². The summed E-state index contributed by atoms with van der Waals surface area (Å²) in [6, 6.07) is 4.32. The fourth-order valence-corrected chi connectivity index (χ4v) is 2.96. The van der Waals surface area contributed by atoms with Gasteiger partial charge in [-0.05, 0) is 38.2 Å². The lowest BCUT2D eigenvalue weighted by molar-refractivity contribution is 0.121. The maximum Gasteiger partial charge on any atom is 0.163 e. The fraction of sp³-hybridized carbons (Fsp3) is 0.625. The maximum atomic E-state index is 13.7. The van der Waals surface area contributed by atoms with E-state index in [0.717, 1.165) is 19.2 Å². The van der Waals surface area contributed by atoms with Gasteiger partial charge in [0.25, 0.3) is 0 Å². The van der Waals surface area contributed by atoms with Crippen LogP contribution in [0, 0.1) is 17.6 Å². The summed E-state index contributed by atoms with van der Waals surface area (Å²) in [5, 5.41) is 0. The predicted molar refractivity (Wildman–Crippen MR) is 77.3 cm³/mol. The van der Waals surface area contributed by atoms with E-state index >= 15 is 0 Å². The molecule has 1 saturated heterocycles. The van der Waals surface area contributed by atoms with Gasteiger partial charge >= 0.3 is 0 Å². The highest BCUT2D eigenvalue weighted by Crippen LogP contribution is 2.24. The van der Waals surface area contributed by atoms with Crippen LogP contribution < -0.4 is 5.73 Å². The average molecular weight is 282 g/mol. The molecule has 20 heavy (non-hydrogen) atoms. The van der Waals surface area contributed by atoms with E-state index in [1.807, 2.05) is 0 Å². The predicted octanol–water partition coefficient (Wildman–Crippen LogP) is 3.48.